The molecule has 1 aromatic carbocycles. The molecule has 0 bridgehead atoms. The smallest absolute Gasteiger partial charge is 0.123 e. The monoisotopic (exact) mass is 209 g/mol. The highest BCUT2D eigenvalue weighted by Gasteiger charge is 2.22. The normalized spacial score (nSPS) is 26.5. The van der Waals surface area contributed by atoms with E-state index in [0.29, 0.717) is 6.04 Å². The first-order valence-corrected chi connectivity index (χ1v) is 5.34. The molecule has 0 amide bonds. The Kier molecular flexibility index (Phi) is 3.34. The van der Waals surface area contributed by atoms with Crippen molar-refractivity contribution >= 4 is 0 Å². The van der Waals surface area contributed by atoms with Gasteiger partial charge in [0.25, 0.3) is 0 Å². The molecule has 82 valence electrons. The maximum absolute atomic E-state index is 12.7. The van der Waals surface area contributed by atoms with Crippen LogP contribution in [0.1, 0.15) is 24.5 Å². The van der Waals surface area contributed by atoms with Crippen LogP contribution in [0.5, 0.6) is 0 Å². The lowest BCUT2D eigenvalue weighted by molar-refractivity contribution is 0.00152. The van der Waals surface area contributed by atoms with E-state index < -0.39 is 0 Å². The molecule has 1 fully saturated rings. The van der Waals surface area contributed by atoms with Crippen LogP contribution in [0.2, 0.25) is 0 Å². The van der Waals surface area contributed by atoms with Gasteiger partial charge in [0.05, 0.1) is 6.10 Å². The van der Waals surface area contributed by atoms with Crippen molar-refractivity contribution in [3.63, 3.8) is 0 Å². The predicted octanol–water partition coefficient (Wildman–Crippen LogP) is 2.27. The molecule has 3 heteroatoms. The molecule has 15 heavy (non-hydrogen) atoms. The Labute approximate surface area is 89.4 Å². The van der Waals surface area contributed by atoms with Crippen LogP contribution in [0, 0.1) is 5.82 Å². The molecule has 1 aliphatic rings. The summed E-state index contributed by atoms with van der Waals surface area (Å²) >= 11 is 0. The first kappa shape index (κ1) is 10.6. The number of hydrogen-bond acceptors (Lipinski definition) is 2. The van der Waals surface area contributed by atoms with Crippen molar-refractivity contribution in [3.8, 4) is 0 Å². The van der Waals surface area contributed by atoms with Crippen LogP contribution in [0.4, 0.5) is 4.39 Å². The minimum atomic E-state index is -0.195. The number of halogens is 1. The molecule has 2 nitrogen and oxygen atoms in total. The van der Waals surface area contributed by atoms with Gasteiger partial charge in [-0.05, 0) is 37.6 Å². The third-order valence-corrected chi connectivity index (χ3v) is 2.93. The van der Waals surface area contributed by atoms with E-state index in [0.717, 1.165) is 25.0 Å². The Morgan fingerprint density at radius 2 is 2.07 bits per heavy atom. The molecular formula is C12H16FNO. The first-order chi connectivity index (χ1) is 7.29. The third-order valence-electron chi connectivity index (χ3n) is 2.93. The quantitative estimate of drug-likeness (QED) is 0.806. The van der Waals surface area contributed by atoms with Gasteiger partial charge >= 0.3 is 0 Å². The van der Waals surface area contributed by atoms with Crippen LogP contribution in [0.3, 0.4) is 0 Å². The highest BCUT2D eigenvalue weighted by Crippen LogP contribution is 2.27. The summed E-state index contributed by atoms with van der Waals surface area (Å²) in [6.45, 7) is 0.771. The van der Waals surface area contributed by atoms with Gasteiger partial charge in [0.15, 0.2) is 0 Å². The zero-order chi connectivity index (χ0) is 10.7. The van der Waals surface area contributed by atoms with Gasteiger partial charge in [-0.1, -0.05) is 12.1 Å². The number of hydrogen-bond donors (Lipinski definition) is 1. The average Bonchev–Trinajstić information content (AvgIpc) is 2.30. The first-order valence-electron chi connectivity index (χ1n) is 5.34. The Balaban J connectivity index is 2.06. The van der Waals surface area contributed by atoms with E-state index >= 15 is 0 Å². The summed E-state index contributed by atoms with van der Waals surface area (Å²) in [6, 6.07) is 7.09. The van der Waals surface area contributed by atoms with Crippen molar-refractivity contribution in [2.45, 2.75) is 25.0 Å². The van der Waals surface area contributed by atoms with Crippen molar-refractivity contribution in [1.29, 1.82) is 0 Å². The number of nitrogens with one attached hydrogen (secondary N) is 1. The van der Waals surface area contributed by atoms with E-state index in [9.17, 15) is 4.39 Å². The van der Waals surface area contributed by atoms with Crippen LogP contribution < -0.4 is 5.32 Å². The summed E-state index contributed by atoms with van der Waals surface area (Å²) in [5.41, 5.74) is 1.07. The molecule has 0 unspecified atom stereocenters. The van der Waals surface area contributed by atoms with E-state index in [4.69, 9.17) is 4.74 Å². The Morgan fingerprint density at radius 1 is 1.33 bits per heavy atom. The maximum Gasteiger partial charge on any atom is 0.123 e. The molecule has 0 aliphatic carbocycles. The van der Waals surface area contributed by atoms with Crippen LogP contribution in [-0.2, 0) is 4.74 Å². The molecule has 0 saturated carbocycles. The predicted molar refractivity (Wildman–Crippen MR) is 57.2 cm³/mol. The second kappa shape index (κ2) is 4.73. The van der Waals surface area contributed by atoms with Crippen molar-refractivity contribution in [2.75, 3.05) is 13.7 Å². The summed E-state index contributed by atoms with van der Waals surface area (Å²) in [5.74, 6) is -0.195. The van der Waals surface area contributed by atoms with Gasteiger partial charge in [-0.25, -0.2) is 4.39 Å². The van der Waals surface area contributed by atoms with Crippen LogP contribution in [-0.4, -0.2) is 19.7 Å². The molecule has 2 rings (SSSR count). The fourth-order valence-electron chi connectivity index (χ4n) is 1.97. The van der Waals surface area contributed by atoms with Gasteiger partial charge in [0, 0.05) is 12.6 Å². The summed E-state index contributed by atoms with van der Waals surface area (Å²) < 4.78 is 18.4. The van der Waals surface area contributed by atoms with Crippen molar-refractivity contribution in [2.24, 2.45) is 0 Å². The maximum atomic E-state index is 12.7. The van der Waals surface area contributed by atoms with Gasteiger partial charge < -0.3 is 10.1 Å². The fraction of sp³-hybridized carbons (Fsp3) is 0.500. The highest BCUT2D eigenvalue weighted by molar-refractivity contribution is 5.19. The minimum absolute atomic E-state index is 0.108. The number of rotatable bonds is 2. The molecule has 1 heterocycles. The Bertz CT molecular complexity index is 312. The highest BCUT2D eigenvalue weighted by atomic mass is 19.1. The van der Waals surface area contributed by atoms with E-state index in [2.05, 4.69) is 5.32 Å². The Hall–Kier alpha value is -0.930. The van der Waals surface area contributed by atoms with Crippen molar-refractivity contribution < 1.29 is 9.13 Å². The number of ether oxygens (including phenoxy) is 1. The topological polar surface area (TPSA) is 21.3 Å². The molecule has 1 aromatic rings. The van der Waals surface area contributed by atoms with E-state index in [-0.39, 0.29) is 11.9 Å². The molecule has 2 atom stereocenters. The molecule has 1 N–H and O–H groups in total. The van der Waals surface area contributed by atoms with Crippen LogP contribution in [0.15, 0.2) is 24.3 Å². The lowest BCUT2D eigenvalue weighted by Crippen LogP contribution is -2.33. The van der Waals surface area contributed by atoms with Crippen LogP contribution >= 0.6 is 0 Å². The number of benzene rings is 1. The second-order valence-corrected chi connectivity index (χ2v) is 3.92. The largest absolute Gasteiger partial charge is 0.373 e. The van der Waals surface area contributed by atoms with E-state index in [1.54, 1.807) is 12.1 Å². The van der Waals surface area contributed by atoms with Crippen molar-refractivity contribution in [1.82, 2.24) is 5.32 Å². The van der Waals surface area contributed by atoms with E-state index in [1.165, 1.54) is 12.1 Å². The summed E-state index contributed by atoms with van der Waals surface area (Å²) in [7, 11) is 1.97. The van der Waals surface area contributed by atoms with E-state index in [1.807, 2.05) is 7.05 Å². The molecule has 1 aliphatic heterocycles. The summed E-state index contributed by atoms with van der Waals surface area (Å²) in [4.78, 5) is 0. The molecule has 0 aromatic heterocycles. The zero-order valence-electron chi connectivity index (χ0n) is 8.87. The van der Waals surface area contributed by atoms with Crippen molar-refractivity contribution in [3.05, 3.63) is 35.6 Å². The molecule has 1 saturated heterocycles. The summed E-state index contributed by atoms with van der Waals surface area (Å²) in [5, 5.41) is 3.26. The minimum Gasteiger partial charge on any atom is -0.373 e. The third kappa shape index (κ3) is 2.55. The van der Waals surface area contributed by atoms with Gasteiger partial charge in [0.2, 0.25) is 0 Å². The van der Waals surface area contributed by atoms with Gasteiger partial charge in [-0.3, -0.25) is 0 Å². The molecule has 0 radical (unpaired) electrons. The van der Waals surface area contributed by atoms with Gasteiger partial charge in [-0.15, -0.1) is 0 Å². The lowest BCUT2D eigenvalue weighted by atomic mass is 9.98. The second-order valence-electron chi connectivity index (χ2n) is 3.92. The standard InChI is InChI=1S/C12H16FNO/c1-14-11-6-7-15-12(8-11)9-2-4-10(13)5-3-9/h2-5,11-12,14H,6-8H2,1H3/t11-,12+/m1/s1. The van der Waals surface area contributed by atoms with Gasteiger partial charge in [-0.2, -0.15) is 0 Å². The lowest BCUT2D eigenvalue weighted by Gasteiger charge is -2.29. The molecule has 0 spiro atoms. The van der Waals surface area contributed by atoms with Gasteiger partial charge in [0.1, 0.15) is 5.82 Å². The van der Waals surface area contributed by atoms with Crippen LogP contribution in [0.25, 0.3) is 0 Å². The molecular weight excluding hydrogens is 193 g/mol. The zero-order valence-corrected chi connectivity index (χ0v) is 8.87. The average molecular weight is 209 g/mol. The summed E-state index contributed by atoms with van der Waals surface area (Å²) in [6.07, 6.45) is 2.12. The Morgan fingerprint density at radius 3 is 2.73 bits per heavy atom. The fourth-order valence-corrected chi connectivity index (χ4v) is 1.97. The SMILES string of the molecule is CN[C@@H]1CCO[C@H](c2ccc(F)cc2)C1.